The molecule has 0 saturated carbocycles. The molecule has 1 atom stereocenters. The quantitative estimate of drug-likeness (QED) is 0.628. The first-order valence-corrected chi connectivity index (χ1v) is 4.68. The molecule has 11 heavy (non-hydrogen) atoms. The molecule has 4 heteroatoms. The molecule has 1 aliphatic heterocycles. The van der Waals surface area contributed by atoms with Crippen molar-refractivity contribution in [3.8, 4) is 0 Å². The molecule has 0 radical (unpaired) electrons. The fraction of sp³-hybridized carbons (Fsp3) is 0.571. The van der Waals surface area contributed by atoms with Crippen molar-refractivity contribution in [2.45, 2.75) is 17.4 Å². The summed E-state index contributed by atoms with van der Waals surface area (Å²) in [5, 5.41) is 4.16. The Bertz CT molecular complexity index is 269. The fourth-order valence-electron chi connectivity index (χ4n) is 1.39. The van der Waals surface area contributed by atoms with Gasteiger partial charge in [0.15, 0.2) is 0 Å². The number of fused-ring (bicyclic) bond motifs is 1. The number of nitrogens with zero attached hydrogens (tertiary/aromatic N) is 2. The molecule has 0 saturated heterocycles. The molecule has 2 N–H and O–H groups in total. The highest BCUT2D eigenvalue weighted by molar-refractivity contribution is 7.99. The molecule has 2 rings (SSSR count). The normalized spacial score (nSPS) is 23.3. The van der Waals surface area contributed by atoms with Gasteiger partial charge < -0.3 is 5.73 Å². The Balaban J connectivity index is 2.48. The van der Waals surface area contributed by atoms with E-state index in [0.717, 1.165) is 12.2 Å². The number of rotatable bonds is 0. The lowest BCUT2D eigenvalue weighted by Gasteiger charge is -2.18. The van der Waals surface area contributed by atoms with Gasteiger partial charge in [-0.2, -0.15) is 5.10 Å². The summed E-state index contributed by atoms with van der Waals surface area (Å²) in [6, 6.07) is 0.193. The van der Waals surface area contributed by atoms with Gasteiger partial charge in [-0.1, -0.05) is 0 Å². The van der Waals surface area contributed by atoms with Crippen molar-refractivity contribution in [1.82, 2.24) is 9.78 Å². The van der Waals surface area contributed by atoms with Gasteiger partial charge in [-0.05, 0) is 12.2 Å². The van der Waals surface area contributed by atoms with Gasteiger partial charge >= 0.3 is 0 Å². The maximum atomic E-state index is 5.92. The van der Waals surface area contributed by atoms with Crippen LogP contribution in [0.25, 0.3) is 0 Å². The molecular formula is C7H11N3S. The van der Waals surface area contributed by atoms with Gasteiger partial charge in [0.05, 0.1) is 16.8 Å². The minimum Gasteiger partial charge on any atom is -0.323 e. The van der Waals surface area contributed by atoms with Crippen LogP contribution in [0.3, 0.4) is 0 Å². The lowest BCUT2D eigenvalue weighted by Crippen LogP contribution is -2.18. The van der Waals surface area contributed by atoms with Gasteiger partial charge in [-0.25, -0.2) is 0 Å². The van der Waals surface area contributed by atoms with Crippen LogP contribution in [0.2, 0.25) is 0 Å². The van der Waals surface area contributed by atoms with E-state index in [9.17, 15) is 0 Å². The summed E-state index contributed by atoms with van der Waals surface area (Å²) in [5.74, 6) is 1.12. The van der Waals surface area contributed by atoms with Gasteiger partial charge in [0.2, 0.25) is 0 Å². The van der Waals surface area contributed by atoms with Crippen molar-refractivity contribution in [3.05, 3.63) is 11.9 Å². The summed E-state index contributed by atoms with van der Waals surface area (Å²) >= 11 is 1.85. The first-order chi connectivity index (χ1) is 5.29. The third-order valence-electron chi connectivity index (χ3n) is 1.99. The first-order valence-electron chi connectivity index (χ1n) is 3.69. The van der Waals surface area contributed by atoms with Crippen molar-refractivity contribution >= 4 is 11.8 Å². The molecule has 3 nitrogen and oxygen atoms in total. The molecule has 1 aromatic rings. The number of hydrogen-bond acceptors (Lipinski definition) is 3. The van der Waals surface area contributed by atoms with E-state index in [1.165, 1.54) is 10.6 Å². The molecule has 0 spiro atoms. The van der Waals surface area contributed by atoms with Crippen molar-refractivity contribution in [2.24, 2.45) is 12.8 Å². The Morgan fingerprint density at radius 2 is 2.64 bits per heavy atom. The maximum absolute atomic E-state index is 5.92. The summed E-state index contributed by atoms with van der Waals surface area (Å²) in [4.78, 5) is 1.26. The van der Waals surface area contributed by atoms with Crippen molar-refractivity contribution in [3.63, 3.8) is 0 Å². The molecule has 2 heterocycles. The Labute approximate surface area is 70.0 Å². The van der Waals surface area contributed by atoms with Crippen molar-refractivity contribution < 1.29 is 0 Å². The maximum Gasteiger partial charge on any atom is 0.0684 e. The van der Waals surface area contributed by atoms with Gasteiger partial charge in [0.25, 0.3) is 0 Å². The Kier molecular flexibility index (Phi) is 1.65. The summed E-state index contributed by atoms with van der Waals surface area (Å²) < 4.78 is 1.88. The highest BCUT2D eigenvalue weighted by Gasteiger charge is 2.20. The zero-order valence-corrected chi connectivity index (χ0v) is 7.27. The van der Waals surface area contributed by atoms with Crippen LogP contribution in [0.15, 0.2) is 11.1 Å². The molecule has 0 unspecified atom stereocenters. The van der Waals surface area contributed by atoms with E-state index >= 15 is 0 Å². The Morgan fingerprint density at radius 1 is 1.82 bits per heavy atom. The molecule has 1 aromatic heterocycles. The Hall–Kier alpha value is -0.480. The third-order valence-corrected chi connectivity index (χ3v) is 3.05. The van der Waals surface area contributed by atoms with E-state index in [4.69, 9.17) is 5.73 Å². The molecule has 0 bridgehead atoms. The molecule has 1 aliphatic rings. The van der Waals surface area contributed by atoms with Crippen LogP contribution in [-0.2, 0) is 7.05 Å². The Morgan fingerprint density at radius 3 is 3.36 bits per heavy atom. The van der Waals surface area contributed by atoms with Gasteiger partial charge in [-0.15, -0.1) is 11.8 Å². The minimum atomic E-state index is 0.193. The SMILES string of the molecule is Cn1ncc2c1[C@@H](N)CCS2. The second-order valence-corrected chi connectivity index (χ2v) is 3.90. The van der Waals surface area contributed by atoms with E-state index in [1.54, 1.807) is 0 Å². The van der Waals surface area contributed by atoms with Crippen LogP contribution >= 0.6 is 11.8 Å². The third kappa shape index (κ3) is 1.06. The zero-order chi connectivity index (χ0) is 7.84. The smallest absolute Gasteiger partial charge is 0.0684 e. The standard InChI is InChI=1S/C7H11N3S/c1-10-7-5(8)2-3-11-6(7)4-9-10/h4-5H,2-3,8H2,1H3/t5-/m0/s1. The van der Waals surface area contributed by atoms with E-state index in [2.05, 4.69) is 5.10 Å². The summed E-state index contributed by atoms with van der Waals surface area (Å²) in [5.41, 5.74) is 7.11. The van der Waals surface area contributed by atoms with Crippen molar-refractivity contribution in [2.75, 3.05) is 5.75 Å². The predicted molar refractivity (Wildman–Crippen MR) is 45.5 cm³/mol. The highest BCUT2D eigenvalue weighted by Crippen LogP contribution is 2.33. The van der Waals surface area contributed by atoms with Crippen LogP contribution in [0, 0.1) is 0 Å². The van der Waals surface area contributed by atoms with E-state index in [0.29, 0.717) is 0 Å². The van der Waals surface area contributed by atoms with Gasteiger partial charge in [-0.3, -0.25) is 4.68 Å². The van der Waals surface area contributed by atoms with E-state index in [-0.39, 0.29) is 6.04 Å². The molecule has 0 aromatic carbocycles. The zero-order valence-electron chi connectivity index (χ0n) is 6.45. The molecule has 0 fully saturated rings. The average Bonchev–Trinajstić information content (AvgIpc) is 2.34. The lowest BCUT2D eigenvalue weighted by atomic mass is 10.1. The number of aromatic nitrogens is 2. The first kappa shape index (κ1) is 7.18. The second kappa shape index (κ2) is 2.53. The van der Waals surface area contributed by atoms with Gasteiger partial charge in [0, 0.05) is 13.1 Å². The average molecular weight is 169 g/mol. The summed E-state index contributed by atoms with van der Waals surface area (Å²) in [6.45, 7) is 0. The van der Waals surface area contributed by atoms with Crippen LogP contribution in [0.4, 0.5) is 0 Å². The van der Waals surface area contributed by atoms with Crippen LogP contribution in [0.1, 0.15) is 18.2 Å². The van der Waals surface area contributed by atoms with Crippen LogP contribution in [-0.4, -0.2) is 15.5 Å². The monoisotopic (exact) mass is 169 g/mol. The topological polar surface area (TPSA) is 43.8 Å². The number of thioether (sulfide) groups is 1. The molecule has 0 amide bonds. The predicted octanol–water partition coefficient (Wildman–Crippen LogP) is 0.916. The second-order valence-electron chi connectivity index (χ2n) is 2.76. The van der Waals surface area contributed by atoms with Crippen molar-refractivity contribution in [1.29, 1.82) is 0 Å². The van der Waals surface area contributed by atoms with Crippen LogP contribution in [0.5, 0.6) is 0 Å². The minimum absolute atomic E-state index is 0.193. The fourth-order valence-corrected chi connectivity index (χ4v) is 2.54. The van der Waals surface area contributed by atoms with Gasteiger partial charge in [0.1, 0.15) is 0 Å². The number of aryl methyl sites for hydroxylation is 1. The number of nitrogens with two attached hydrogens (primary N) is 1. The number of hydrogen-bond donors (Lipinski definition) is 1. The lowest BCUT2D eigenvalue weighted by molar-refractivity contribution is 0.593. The van der Waals surface area contributed by atoms with E-state index < -0.39 is 0 Å². The summed E-state index contributed by atoms with van der Waals surface area (Å²) in [7, 11) is 1.95. The van der Waals surface area contributed by atoms with E-state index in [1.807, 2.05) is 29.7 Å². The molecule has 60 valence electrons. The summed E-state index contributed by atoms with van der Waals surface area (Å²) in [6.07, 6.45) is 2.97. The largest absolute Gasteiger partial charge is 0.323 e. The molecular weight excluding hydrogens is 158 g/mol. The highest BCUT2D eigenvalue weighted by atomic mass is 32.2. The van der Waals surface area contributed by atoms with Crippen LogP contribution < -0.4 is 5.73 Å². The molecule has 0 aliphatic carbocycles.